The monoisotopic (exact) mass is 588 g/mol. The van der Waals surface area contributed by atoms with Crippen molar-refractivity contribution in [2.75, 3.05) is 26.2 Å². The fourth-order valence-electron chi connectivity index (χ4n) is 9.98. The first-order valence-electron chi connectivity index (χ1n) is 16.7. The maximum absolute atomic E-state index is 13.1. The second-order valence-electron chi connectivity index (χ2n) is 15.2. The molecule has 4 saturated carbocycles. The largest absolute Gasteiger partial charge is 0.489 e. The average molecular weight is 589 g/mol. The van der Waals surface area contributed by atoms with Crippen LogP contribution in [0.1, 0.15) is 93.5 Å². The van der Waals surface area contributed by atoms with E-state index in [-0.39, 0.29) is 35.7 Å². The van der Waals surface area contributed by atoms with Crippen molar-refractivity contribution in [1.82, 2.24) is 20.0 Å². The normalized spacial score (nSPS) is 36.4. The van der Waals surface area contributed by atoms with Crippen LogP contribution in [0.4, 0.5) is 0 Å². The van der Waals surface area contributed by atoms with Gasteiger partial charge in [-0.25, -0.2) is 0 Å². The van der Waals surface area contributed by atoms with Gasteiger partial charge in [0.15, 0.2) is 0 Å². The molecule has 1 aromatic carbocycles. The Hall–Kier alpha value is -2.94. The number of carbonyl (C=O) groups is 4. The molecule has 4 amide bonds. The van der Waals surface area contributed by atoms with Gasteiger partial charge in [0.25, 0.3) is 5.91 Å². The molecule has 9 heteroatoms. The zero-order valence-corrected chi connectivity index (χ0v) is 25.3. The molecule has 9 rings (SSSR count). The number of amides is 4. The number of hydrogen-bond acceptors (Lipinski definition) is 6. The van der Waals surface area contributed by atoms with Crippen LogP contribution in [0.15, 0.2) is 18.2 Å². The van der Waals surface area contributed by atoms with Crippen LogP contribution in [0.2, 0.25) is 0 Å². The fourth-order valence-corrected chi connectivity index (χ4v) is 9.98. The number of imide groups is 1. The van der Waals surface area contributed by atoms with E-state index in [0.29, 0.717) is 35.9 Å². The van der Waals surface area contributed by atoms with Gasteiger partial charge in [0, 0.05) is 50.7 Å². The van der Waals surface area contributed by atoms with E-state index in [1.807, 2.05) is 18.2 Å². The summed E-state index contributed by atoms with van der Waals surface area (Å²) in [6, 6.07) is 5.52. The first-order chi connectivity index (χ1) is 20.7. The third-order valence-electron chi connectivity index (χ3n) is 12.1. The highest BCUT2D eigenvalue weighted by molar-refractivity contribution is 6.05. The second-order valence-corrected chi connectivity index (χ2v) is 15.2. The van der Waals surface area contributed by atoms with Gasteiger partial charge in [-0.05, 0) is 98.8 Å². The molecule has 1 N–H and O–H groups in total. The highest BCUT2D eigenvalue weighted by atomic mass is 16.5. The molecule has 2 bridgehead atoms. The summed E-state index contributed by atoms with van der Waals surface area (Å²) < 4.78 is 6.64. The predicted molar refractivity (Wildman–Crippen MR) is 158 cm³/mol. The van der Waals surface area contributed by atoms with Crippen LogP contribution >= 0.6 is 0 Å². The molecule has 0 spiro atoms. The standard InChI is InChI=1S/C34H44N4O5/c1-33-18-34(19-33,20-33)32(42)36-12-10-21(11-13-36)23-15-37(16-23)26-4-2-3-5-28(26)43-24-6-7-25-22(14-24)17-38(31(25)41)27-8-9-29(39)35-30(27)40/h6-7,14,21,23,26-28H,2-5,8-13,15-20H2,1H3,(H,35,39,40)/t26-,27?,28+,33?,34?/m1/s1. The number of ether oxygens (including phenoxy) is 1. The number of nitrogens with one attached hydrogen (secondary N) is 1. The number of likely N-dealkylation sites (tertiary alicyclic amines) is 2. The quantitative estimate of drug-likeness (QED) is 0.511. The van der Waals surface area contributed by atoms with Crippen molar-refractivity contribution < 1.29 is 23.9 Å². The Morgan fingerprint density at radius 1 is 0.953 bits per heavy atom. The molecular weight excluding hydrogens is 544 g/mol. The molecule has 4 aliphatic carbocycles. The van der Waals surface area contributed by atoms with Crippen LogP contribution in [0.5, 0.6) is 5.75 Å². The van der Waals surface area contributed by atoms with Gasteiger partial charge in [0.05, 0.1) is 5.41 Å². The Morgan fingerprint density at radius 3 is 2.42 bits per heavy atom. The Labute approximate surface area is 253 Å². The molecule has 0 aromatic heterocycles. The smallest absolute Gasteiger partial charge is 0.255 e. The molecule has 8 aliphatic rings. The van der Waals surface area contributed by atoms with Gasteiger partial charge >= 0.3 is 0 Å². The minimum atomic E-state index is -0.603. The minimum Gasteiger partial charge on any atom is -0.489 e. The van der Waals surface area contributed by atoms with Crippen molar-refractivity contribution in [1.29, 1.82) is 0 Å². The molecule has 4 heterocycles. The number of nitrogens with zero attached hydrogens (tertiary/aromatic N) is 3. The lowest BCUT2D eigenvalue weighted by molar-refractivity contribution is -0.210. The Balaban J connectivity index is 0.850. The number of fused-ring (bicyclic) bond motifs is 1. The van der Waals surface area contributed by atoms with E-state index in [9.17, 15) is 19.2 Å². The number of hydrogen-bond donors (Lipinski definition) is 1. The number of benzene rings is 1. The van der Waals surface area contributed by atoms with Crippen LogP contribution in [-0.4, -0.2) is 82.7 Å². The summed E-state index contributed by atoms with van der Waals surface area (Å²) in [5.74, 6) is 1.87. The Kier molecular flexibility index (Phi) is 6.45. The van der Waals surface area contributed by atoms with E-state index in [0.717, 1.165) is 101 Å². The number of rotatable bonds is 6. The highest BCUT2D eigenvalue weighted by Crippen LogP contribution is 2.73. The lowest BCUT2D eigenvalue weighted by Crippen LogP contribution is -2.67. The summed E-state index contributed by atoms with van der Waals surface area (Å²) >= 11 is 0. The molecule has 9 nitrogen and oxygen atoms in total. The molecule has 3 saturated heterocycles. The van der Waals surface area contributed by atoms with E-state index < -0.39 is 6.04 Å². The molecule has 230 valence electrons. The molecule has 3 atom stereocenters. The van der Waals surface area contributed by atoms with Gasteiger partial charge in [-0.2, -0.15) is 0 Å². The molecule has 1 aromatic rings. The van der Waals surface area contributed by atoms with Crippen molar-refractivity contribution in [3.63, 3.8) is 0 Å². The Morgan fingerprint density at radius 2 is 1.70 bits per heavy atom. The van der Waals surface area contributed by atoms with E-state index in [1.54, 1.807) is 4.90 Å². The van der Waals surface area contributed by atoms with Gasteiger partial charge in [0.1, 0.15) is 17.9 Å². The van der Waals surface area contributed by atoms with Crippen molar-refractivity contribution in [3.05, 3.63) is 29.3 Å². The minimum absolute atomic E-state index is 0.0200. The number of carbonyl (C=O) groups excluding carboxylic acids is 4. The van der Waals surface area contributed by atoms with E-state index in [4.69, 9.17) is 4.74 Å². The zero-order chi connectivity index (χ0) is 29.5. The third-order valence-corrected chi connectivity index (χ3v) is 12.1. The summed E-state index contributed by atoms with van der Waals surface area (Å²) in [5, 5.41) is 2.37. The summed E-state index contributed by atoms with van der Waals surface area (Å²) in [5.41, 5.74) is 2.00. The van der Waals surface area contributed by atoms with Crippen LogP contribution < -0.4 is 10.1 Å². The molecule has 4 aliphatic heterocycles. The molecule has 0 radical (unpaired) electrons. The molecule has 43 heavy (non-hydrogen) atoms. The van der Waals surface area contributed by atoms with Crippen LogP contribution in [0.25, 0.3) is 0 Å². The number of piperidine rings is 2. The zero-order valence-electron chi connectivity index (χ0n) is 25.3. The van der Waals surface area contributed by atoms with E-state index >= 15 is 0 Å². The van der Waals surface area contributed by atoms with E-state index in [1.165, 1.54) is 6.42 Å². The second kappa shape index (κ2) is 10.0. The van der Waals surface area contributed by atoms with Gasteiger partial charge in [-0.1, -0.05) is 13.3 Å². The summed E-state index contributed by atoms with van der Waals surface area (Å²) in [6.45, 7) is 6.83. The predicted octanol–water partition coefficient (Wildman–Crippen LogP) is 3.50. The van der Waals surface area contributed by atoms with Crippen molar-refractivity contribution in [3.8, 4) is 5.75 Å². The van der Waals surface area contributed by atoms with Crippen molar-refractivity contribution in [2.24, 2.45) is 22.7 Å². The topological polar surface area (TPSA) is 99.3 Å². The molecule has 7 fully saturated rings. The maximum Gasteiger partial charge on any atom is 0.255 e. The van der Waals surface area contributed by atoms with Gasteiger partial charge in [-0.15, -0.1) is 0 Å². The molecule has 1 unspecified atom stereocenters. The van der Waals surface area contributed by atoms with Gasteiger partial charge in [-0.3, -0.25) is 29.4 Å². The maximum atomic E-state index is 13.1. The van der Waals surface area contributed by atoms with Crippen molar-refractivity contribution in [2.45, 2.75) is 102 Å². The van der Waals surface area contributed by atoms with Crippen LogP contribution in [0, 0.1) is 22.7 Å². The van der Waals surface area contributed by atoms with Gasteiger partial charge < -0.3 is 14.5 Å². The summed E-state index contributed by atoms with van der Waals surface area (Å²) in [7, 11) is 0. The highest BCUT2D eigenvalue weighted by Gasteiger charge is 2.69. The lowest BCUT2D eigenvalue weighted by Gasteiger charge is -2.69. The first kappa shape index (κ1) is 27.6. The SMILES string of the molecule is CC12CC(C(=O)N3CCC(C4CN([C@@H]5CCCC[C@@H]5Oc5ccc6c(c5)CN(C5CCC(=O)NC5=O)C6=O)C4)CC3)(C1)C2. The fraction of sp³-hybridized carbons (Fsp3) is 0.706. The van der Waals surface area contributed by atoms with E-state index in [2.05, 4.69) is 22.0 Å². The first-order valence-corrected chi connectivity index (χ1v) is 16.7. The van der Waals surface area contributed by atoms with Crippen LogP contribution in [0.3, 0.4) is 0 Å². The van der Waals surface area contributed by atoms with Crippen molar-refractivity contribution >= 4 is 23.6 Å². The summed E-state index contributed by atoms with van der Waals surface area (Å²) in [4.78, 5) is 56.6. The third kappa shape index (κ3) is 4.59. The summed E-state index contributed by atoms with van der Waals surface area (Å²) in [6.07, 6.45) is 11.0. The molecular formula is C34H44N4O5. The van der Waals surface area contributed by atoms with Gasteiger partial charge in [0.2, 0.25) is 17.7 Å². The average Bonchev–Trinajstić information content (AvgIpc) is 3.26. The Bertz CT molecular complexity index is 1340. The lowest BCUT2D eigenvalue weighted by atomic mass is 9.35. The van der Waals surface area contributed by atoms with Crippen LogP contribution in [-0.2, 0) is 20.9 Å².